The molecule has 14 heavy (non-hydrogen) atoms. The van der Waals surface area contributed by atoms with Gasteiger partial charge in [-0.1, -0.05) is 37.3 Å². The molecule has 0 saturated carbocycles. The van der Waals surface area contributed by atoms with Gasteiger partial charge in [-0.05, 0) is 18.4 Å². The molecule has 1 aromatic rings. The van der Waals surface area contributed by atoms with Gasteiger partial charge in [0.1, 0.15) is 0 Å². The average Bonchev–Trinajstić information content (AvgIpc) is 2.17. The molecule has 0 fully saturated rings. The highest BCUT2D eigenvalue weighted by Gasteiger charge is 2.06. The highest BCUT2D eigenvalue weighted by Crippen LogP contribution is 2.05. The highest BCUT2D eigenvalue weighted by molar-refractivity contribution is 5.15. The first kappa shape index (κ1) is 11.2. The van der Waals surface area contributed by atoms with E-state index in [-0.39, 0.29) is 0 Å². The van der Waals surface area contributed by atoms with Crippen molar-refractivity contribution in [1.29, 1.82) is 0 Å². The summed E-state index contributed by atoms with van der Waals surface area (Å²) >= 11 is 0. The van der Waals surface area contributed by atoms with Gasteiger partial charge >= 0.3 is 0 Å². The van der Waals surface area contributed by atoms with Crippen molar-refractivity contribution < 1.29 is 0 Å². The second-order valence-corrected chi connectivity index (χ2v) is 3.82. The zero-order valence-electron chi connectivity index (χ0n) is 9.33. The monoisotopic (exact) mass is 192 g/mol. The van der Waals surface area contributed by atoms with Crippen LogP contribution in [0.5, 0.6) is 0 Å². The molecule has 0 bridgehead atoms. The Morgan fingerprint density at radius 2 is 1.86 bits per heavy atom. The molecule has 1 atom stereocenters. The highest BCUT2D eigenvalue weighted by atomic mass is 15.5. The van der Waals surface area contributed by atoms with E-state index in [2.05, 4.69) is 42.7 Å². The Labute approximate surface area is 86.9 Å². The lowest BCUT2D eigenvalue weighted by Crippen LogP contribution is -2.40. The van der Waals surface area contributed by atoms with Crippen molar-refractivity contribution in [2.75, 3.05) is 14.1 Å². The number of hydrogen-bond acceptors (Lipinski definition) is 2. The SMILES string of the molecule is CCC(Cc1ccccc1)NN(C)C. The average molecular weight is 192 g/mol. The van der Waals surface area contributed by atoms with Crippen LogP contribution in [-0.2, 0) is 6.42 Å². The third kappa shape index (κ3) is 3.90. The minimum absolute atomic E-state index is 0.535. The van der Waals surface area contributed by atoms with Crippen LogP contribution < -0.4 is 5.43 Å². The number of hydrogen-bond donors (Lipinski definition) is 1. The van der Waals surface area contributed by atoms with Gasteiger partial charge in [-0.3, -0.25) is 10.4 Å². The molecular weight excluding hydrogens is 172 g/mol. The summed E-state index contributed by atoms with van der Waals surface area (Å²) in [6, 6.07) is 11.1. The van der Waals surface area contributed by atoms with Gasteiger partial charge in [0.2, 0.25) is 0 Å². The van der Waals surface area contributed by atoms with Crippen LogP contribution in [0.4, 0.5) is 0 Å². The molecule has 0 saturated heterocycles. The Bertz CT molecular complexity index is 244. The van der Waals surface area contributed by atoms with Crippen LogP contribution in [0.2, 0.25) is 0 Å². The van der Waals surface area contributed by atoms with Gasteiger partial charge in [-0.2, -0.15) is 0 Å². The molecule has 78 valence electrons. The van der Waals surface area contributed by atoms with Crippen molar-refractivity contribution in [3.63, 3.8) is 0 Å². The van der Waals surface area contributed by atoms with E-state index < -0.39 is 0 Å². The van der Waals surface area contributed by atoms with Crippen molar-refractivity contribution in [2.45, 2.75) is 25.8 Å². The Morgan fingerprint density at radius 1 is 1.21 bits per heavy atom. The summed E-state index contributed by atoms with van der Waals surface area (Å²) in [6.45, 7) is 2.21. The van der Waals surface area contributed by atoms with Gasteiger partial charge in [0.25, 0.3) is 0 Å². The molecule has 0 heterocycles. The summed E-state index contributed by atoms with van der Waals surface area (Å²) < 4.78 is 0. The van der Waals surface area contributed by atoms with Crippen molar-refractivity contribution in [3.8, 4) is 0 Å². The van der Waals surface area contributed by atoms with Crippen molar-refractivity contribution in [1.82, 2.24) is 10.4 Å². The van der Waals surface area contributed by atoms with E-state index in [0.717, 1.165) is 12.8 Å². The zero-order valence-corrected chi connectivity index (χ0v) is 9.33. The molecule has 0 spiro atoms. The van der Waals surface area contributed by atoms with Gasteiger partial charge in [0.15, 0.2) is 0 Å². The van der Waals surface area contributed by atoms with E-state index in [9.17, 15) is 0 Å². The number of benzene rings is 1. The van der Waals surface area contributed by atoms with E-state index in [4.69, 9.17) is 0 Å². The fraction of sp³-hybridized carbons (Fsp3) is 0.500. The van der Waals surface area contributed by atoms with Crippen LogP contribution in [0.3, 0.4) is 0 Å². The molecule has 0 radical (unpaired) electrons. The fourth-order valence-electron chi connectivity index (χ4n) is 1.55. The van der Waals surface area contributed by atoms with E-state index >= 15 is 0 Å². The van der Waals surface area contributed by atoms with Crippen LogP contribution in [-0.4, -0.2) is 25.1 Å². The lowest BCUT2D eigenvalue weighted by Gasteiger charge is -2.21. The molecule has 1 rings (SSSR count). The van der Waals surface area contributed by atoms with Gasteiger partial charge < -0.3 is 0 Å². The Balaban J connectivity index is 2.48. The molecule has 1 unspecified atom stereocenters. The van der Waals surface area contributed by atoms with Crippen molar-refractivity contribution in [2.24, 2.45) is 0 Å². The molecular formula is C12H20N2. The summed E-state index contributed by atoms with van der Waals surface area (Å²) in [7, 11) is 4.07. The molecule has 0 aromatic heterocycles. The molecule has 2 heteroatoms. The molecule has 0 aliphatic carbocycles. The van der Waals surface area contributed by atoms with Crippen LogP contribution in [0.15, 0.2) is 30.3 Å². The number of nitrogens with zero attached hydrogens (tertiary/aromatic N) is 1. The molecule has 1 aromatic carbocycles. The number of nitrogens with one attached hydrogen (secondary N) is 1. The van der Waals surface area contributed by atoms with Gasteiger partial charge in [-0.15, -0.1) is 0 Å². The summed E-state index contributed by atoms with van der Waals surface area (Å²) in [5.41, 5.74) is 4.81. The molecule has 2 nitrogen and oxygen atoms in total. The maximum Gasteiger partial charge on any atom is 0.0252 e. The summed E-state index contributed by atoms with van der Waals surface area (Å²) in [6.07, 6.45) is 2.24. The fourth-order valence-corrected chi connectivity index (χ4v) is 1.55. The molecule has 0 aliphatic heterocycles. The summed E-state index contributed by atoms with van der Waals surface area (Å²) in [4.78, 5) is 0. The van der Waals surface area contributed by atoms with E-state index in [1.165, 1.54) is 5.56 Å². The Morgan fingerprint density at radius 3 is 2.36 bits per heavy atom. The van der Waals surface area contributed by atoms with Crippen molar-refractivity contribution >= 4 is 0 Å². The smallest absolute Gasteiger partial charge is 0.0252 e. The van der Waals surface area contributed by atoms with Gasteiger partial charge in [0.05, 0.1) is 0 Å². The van der Waals surface area contributed by atoms with Crippen LogP contribution in [0.1, 0.15) is 18.9 Å². The first-order valence-corrected chi connectivity index (χ1v) is 5.19. The Hall–Kier alpha value is -0.860. The summed E-state index contributed by atoms with van der Waals surface area (Å²) in [5, 5.41) is 2.02. The van der Waals surface area contributed by atoms with Crippen LogP contribution in [0.25, 0.3) is 0 Å². The maximum atomic E-state index is 3.41. The number of rotatable bonds is 5. The minimum Gasteiger partial charge on any atom is -0.252 e. The second-order valence-electron chi connectivity index (χ2n) is 3.82. The molecule has 0 aliphatic rings. The van der Waals surface area contributed by atoms with E-state index in [1.807, 2.05) is 19.1 Å². The largest absolute Gasteiger partial charge is 0.252 e. The third-order valence-electron chi connectivity index (χ3n) is 2.26. The van der Waals surface area contributed by atoms with Crippen molar-refractivity contribution in [3.05, 3.63) is 35.9 Å². The maximum absolute atomic E-state index is 3.41. The molecule has 1 N–H and O–H groups in total. The third-order valence-corrected chi connectivity index (χ3v) is 2.26. The predicted molar refractivity (Wildman–Crippen MR) is 61.0 cm³/mol. The van der Waals surface area contributed by atoms with Gasteiger partial charge in [0, 0.05) is 20.1 Å². The zero-order chi connectivity index (χ0) is 10.4. The normalized spacial score (nSPS) is 13.1. The molecule has 0 amide bonds. The topological polar surface area (TPSA) is 15.3 Å². The lowest BCUT2D eigenvalue weighted by atomic mass is 10.0. The second kappa shape index (κ2) is 5.78. The van der Waals surface area contributed by atoms with Gasteiger partial charge in [-0.25, -0.2) is 0 Å². The minimum atomic E-state index is 0.535. The van der Waals surface area contributed by atoms with E-state index in [1.54, 1.807) is 0 Å². The lowest BCUT2D eigenvalue weighted by molar-refractivity contribution is 0.236. The predicted octanol–water partition coefficient (Wildman–Crippen LogP) is 2.07. The summed E-state index contributed by atoms with van der Waals surface area (Å²) in [5.74, 6) is 0. The first-order valence-electron chi connectivity index (χ1n) is 5.19. The van der Waals surface area contributed by atoms with E-state index in [0.29, 0.717) is 6.04 Å². The van der Waals surface area contributed by atoms with Crippen LogP contribution >= 0.6 is 0 Å². The first-order chi connectivity index (χ1) is 6.72. The van der Waals surface area contributed by atoms with Crippen LogP contribution in [0, 0.1) is 0 Å². The quantitative estimate of drug-likeness (QED) is 0.718. The Kier molecular flexibility index (Phi) is 4.63. The number of hydrazine groups is 1. The standard InChI is InChI=1S/C12H20N2/c1-4-12(13-14(2)3)10-11-8-6-5-7-9-11/h5-9,12-13H,4,10H2,1-3H3.